The summed E-state index contributed by atoms with van der Waals surface area (Å²) in [5.41, 5.74) is 1.94. The Balaban J connectivity index is 1.65. The van der Waals surface area contributed by atoms with Crippen molar-refractivity contribution in [2.24, 2.45) is 0 Å². The molecule has 162 valence electrons. The first-order chi connectivity index (χ1) is 15.0. The number of carbonyl (C=O) groups excluding carboxylic acids is 1. The van der Waals surface area contributed by atoms with E-state index in [0.717, 1.165) is 15.3 Å². The molecule has 0 spiro atoms. The Kier molecular flexibility index (Phi) is 4.92. The van der Waals surface area contributed by atoms with Gasteiger partial charge in [0.05, 0.1) is 35.5 Å². The number of nitrogens with one attached hydrogen (secondary N) is 1. The molecule has 2 aliphatic rings. The zero-order valence-corrected chi connectivity index (χ0v) is 17.7. The number of rotatable bonds is 7. The number of halogens is 1. The predicted octanol–water partition coefficient (Wildman–Crippen LogP) is 4.54. The van der Waals surface area contributed by atoms with Gasteiger partial charge in [-0.3, -0.25) is 9.29 Å². The quantitative estimate of drug-likeness (QED) is 0.545. The number of H-pyrrole nitrogens is 1. The highest BCUT2D eigenvalue weighted by molar-refractivity contribution is 7.90. The molecule has 0 saturated heterocycles. The number of hydrogen-bond acceptors (Lipinski definition) is 4. The number of alkyl halides is 1. The van der Waals surface area contributed by atoms with E-state index >= 15 is 0 Å². The number of nitrogens with zero attached hydrogens (tertiary/aromatic N) is 3. The third-order valence-electron chi connectivity index (χ3n) is 5.83. The number of urea groups is 1. The number of hydrogen-bond donors (Lipinski definition) is 1. The number of amides is 2. The lowest BCUT2D eigenvalue weighted by Crippen LogP contribution is -2.53. The fourth-order valence-corrected chi connectivity index (χ4v) is 6.00. The maximum atomic E-state index is 13.6. The Bertz CT molecular complexity index is 1210. The van der Waals surface area contributed by atoms with Crippen LogP contribution in [0.25, 0.3) is 11.0 Å². The summed E-state index contributed by atoms with van der Waals surface area (Å²) in [5.74, 6) is 0.568. The van der Waals surface area contributed by atoms with Crippen molar-refractivity contribution in [1.29, 1.82) is 0 Å². The molecule has 1 N–H and O–H groups in total. The summed E-state index contributed by atoms with van der Waals surface area (Å²) in [6.45, 7) is -0.444. The number of aromatic amines is 1. The van der Waals surface area contributed by atoms with Crippen LogP contribution in [-0.2, 0) is 10.0 Å². The van der Waals surface area contributed by atoms with Gasteiger partial charge in [0, 0.05) is 0 Å². The van der Waals surface area contributed by atoms with E-state index in [0.29, 0.717) is 43.6 Å². The molecule has 0 bridgehead atoms. The van der Waals surface area contributed by atoms with Crippen LogP contribution in [0.4, 0.5) is 14.9 Å². The van der Waals surface area contributed by atoms with Gasteiger partial charge in [0.1, 0.15) is 10.7 Å². The van der Waals surface area contributed by atoms with E-state index in [-0.39, 0.29) is 10.9 Å². The Morgan fingerprint density at radius 2 is 1.84 bits per heavy atom. The van der Waals surface area contributed by atoms with Crippen molar-refractivity contribution >= 4 is 32.8 Å². The lowest BCUT2D eigenvalue weighted by Gasteiger charge is -2.40. The van der Waals surface area contributed by atoms with Gasteiger partial charge in [-0.2, -0.15) is 0 Å². The van der Waals surface area contributed by atoms with E-state index < -0.39 is 28.8 Å². The second-order valence-corrected chi connectivity index (χ2v) is 9.78. The highest BCUT2D eigenvalue weighted by Crippen LogP contribution is 2.44. The molecule has 1 fully saturated rings. The van der Waals surface area contributed by atoms with Gasteiger partial charge in [-0.1, -0.05) is 24.3 Å². The molecule has 0 radical (unpaired) electrons. The number of imidazole rings is 1. The molecule has 31 heavy (non-hydrogen) atoms. The second-order valence-electron chi connectivity index (χ2n) is 7.99. The van der Waals surface area contributed by atoms with Crippen LogP contribution in [0.15, 0.2) is 53.4 Å². The normalized spacial score (nSPS) is 18.9. The van der Waals surface area contributed by atoms with Gasteiger partial charge in [-0.05, 0) is 56.4 Å². The number of fused-ring (bicyclic) bond motifs is 2. The van der Waals surface area contributed by atoms with Crippen molar-refractivity contribution in [3.05, 3.63) is 54.4 Å². The van der Waals surface area contributed by atoms with Crippen molar-refractivity contribution in [2.75, 3.05) is 11.6 Å². The number of anilines is 1. The summed E-state index contributed by atoms with van der Waals surface area (Å²) in [5, 5.41) is 0. The average molecular weight is 443 g/mol. The van der Waals surface area contributed by atoms with Crippen molar-refractivity contribution < 1.29 is 17.6 Å². The van der Waals surface area contributed by atoms with Crippen LogP contribution >= 0.6 is 0 Å². The predicted molar refractivity (Wildman–Crippen MR) is 115 cm³/mol. The SMILES string of the molecule is O=C1N(C(CCCCF)c2nc3ccccc3[nH]2)c2ccccc2S(=O)(=O)N1C1CC1. The Morgan fingerprint density at radius 3 is 2.58 bits per heavy atom. The summed E-state index contributed by atoms with van der Waals surface area (Å²) in [6.07, 6.45) is 2.70. The van der Waals surface area contributed by atoms with Gasteiger partial charge >= 0.3 is 6.03 Å². The van der Waals surface area contributed by atoms with Crippen LogP contribution in [0, 0.1) is 0 Å². The molecule has 1 aliphatic carbocycles. The first-order valence-corrected chi connectivity index (χ1v) is 11.9. The lowest BCUT2D eigenvalue weighted by atomic mass is 10.1. The highest BCUT2D eigenvalue weighted by atomic mass is 32.2. The molecule has 2 amide bonds. The molecule has 7 nitrogen and oxygen atoms in total. The topological polar surface area (TPSA) is 86.4 Å². The molecule has 2 heterocycles. The van der Waals surface area contributed by atoms with Crippen molar-refractivity contribution in [1.82, 2.24) is 14.3 Å². The Morgan fingerprint density at radius 1 is 1.10 bits per heavy atom. The molecule has 9 heteroatoms. The van der Waals surface area contributed by atoms with Crippen LogP contribution in [0.5, 0.6) is 0 Å². The minimum atomic E-state index is -3.92. The molecule has 1 saturated carbocycles. The molecule has 5 rings (SSSR count). The number of sulfonamides is 1. The third kappa shape index (κ3) is 3.37. The minimum Gasteiger partial charge on any atom is -0.340 e. The Hall–Kier alpha value is -2.94. The summed E-state index contributed by atoms with van der Waals surface area (Å²) in [7, 11) is -3.92. The van der Waals surface area contributed by atoms with Crippen molar-refractivity contribution in [3.63, 3.8) is 0 Å². The van der Waals surface area contributed by atoms with Gasteiger partial charge < -0.3 is 4.98 Å². The van der Waals surface area contributed by atoms with Crippen LogP contribution < -0.4 is 4.90 Å². The molecule has 1 unspecified atom stereocenters. The van der Waals surface area contributed by atoms with Gasteiger partial charge in [-0.15, -0.1) is 0 Å². The molecule has 2 aromatic carbocycles. The maximum Gasteiger partial charge on any atom is 0.339 e. The zero-order chi connectivity index (χ0) is 21.6. The molecular weight excluding hydrogens is 419 g/mol. The van der Waals surface area contributed by atoms with Crippen LogP contribution in [0.2, 0.25) is 0 Å². The summed E-state index contributed by atoms with van der Waals surface area (Å²) < 4.78 is 40.3. The molecule has 1 aliphatic heterocycles. The van der Waals surface area contributed by atoms with Gasteiger partial charge in [0.2, 0.25) is 0 Å². The smallest absolute Gasteiger partial charge is 0.339 e. The first kappa shape index (κ1) is 20.0. The molecule has 1 aromatic heterocycles. The van der Waals surface area contributed by atoms with Crippen LogP contribution in [-0.4, -0.2) is 41.4 Å². The van der Waals surface area contributed by atoms with E-state index in [4.69, 9.17) is 0 Å². The fourth-order valence-electron chi connectivity index (χ4n) is 4.21. The zero-order valence-electron chi connectivity index (χ0n) is 16.9. The first-order valence-electron chi connectivity index (χ1n) is 10.5. The molecular formula is C22H23FN4O3S. The fraction of sp³-hybridized carbons (Fsp3) is 0.364. The van der Waals surface area contributed by atoms with E-state index in [1.54, 1.807) is 18.2 Å². The number of aromatic nitrogens is 2. The van der Waals surface area contributed by atoms with Crippen molar-refractivity contribution in [3.8, 4) is 0 Å². The molecule has 3 aromatic rings. The minimum absolute atomic E-state index is 0.119. The lowest BCUT2D eigenvalue weighted by molar-refractivity contribution is 0.222. The molecule has 1 atom stereocenters. The third-order valence-corrected chi connectivity index (χ3v) is 7.70. The average Bonchev–Trinajstić information content (AvgIpc) is 3.49. The summed E-state index contributed by atoms with van der Waals surface area (Å²) in [6, 6.07) is 12.7. The Labute approximate surface area is 179 Å². The van der Waals surface area contributed by atoms with E-state index in [1.807, 2.05) is 24.3 Å². The van der Waals surface area contributed by atoms with E-state index in [1.165, 1.54) is 11.0 Å². The van der Waals surface area contributed by atoms with Crippen LogP contribution in [0.3, 0.4) is 0 Å². The van der Waals surface area contributed by atoms with Crippen molar-refractivity contribution in [2.45, 2.75) is 49.1 Å². The number of para-hydroxylation sites is 3. The van der Waals surface area contributed by atoms with E-state index in [2.05, 4.69) is 9.97 Å². The number of unbranched alkanes of at least 4 members (excludes halogenated alkanes) is 1. The highest BCUT2D eigenvalue weighted by Gasteiger charge is 2.50. The monoisotopic (exact) mass is 442 g/mol. The van der Waals surface area contributed by atoms with Gasteiger partial charge in [0.15, 0.2) is 0 Å². The maximum absolute atomic E-state index is 13.6. The van der Waals surface area contributed by atoms with E-state index in [9.17, 15) is 17.6 Å². The number of benzene rings is 2. The van der Waals surface area contributed by atoms with Gasteiger partial charge in [0.25, 0.3) is 10.0 Å². The van der Waals surface area contributed by atoms with Gasteiger partial charge in [-0.25, -0.2) is 22.5 Å². The summed E-state index contributed by atoms with van der Waals surface area (Å²) in [4.78, 5) is 23.2. The summed E-state index contributed by atoms with van der Waals surface area (Å²) >= 11 is 0. The standard InChI is InChI=1S/C22H23FN4O3S/c23-14-6-5-10-19(21-24-16-7-1-2-8-17(16)25-21)26-18-9-3-4-11-20(18)31(29,30)27(22(26)28)15-12-13-15/h1-4,7-9,11,15,19H,5-6,10,12-14H2,(H,24,25). The number of carbonyl (C=O) groups is 1. The second kappa shape index (κ2) is 7.64. The van der Waals surface area contributed by atoms with Crippen LogP contribution in [0.1, 0.15) is 44.0 Å². The largest absolute Gasteiger partial charge is 0.340 e.